The van der Waals surface area contributed by atoms with Gasteiger partial charge in [0.2, 0.25) is 0 Å². The van der Waals surface area contributed by atoms with Crippen LogP contribution in [0.4, 0.5) is 0 Å². The first-order valence-electron chi connectivity index (χ1n) is 15.3. The highest BCUT2D eigenvalue weighted by molar-refractivity contribution is 6.32. The first-order chi connectivity index (χ1) is 23.1. The molecule has 1 aliphatic heterocycles. The molecule has 48 heavy (non-hydrogen) atoms. The van der Waals surface area contributed by atoms with Crippen molar-refractivity contribution in [3.05, 3.63) is 99.8 Å². The van der Waals surface area contributed by atoms with E-state index < -0.39 is 0 Å². The van der Waals surface area contributed by atoms with Crippen LogP contribution in [0.3, 0.4) is 0 Å². The lowest BCUT2D eigenvalue weighted by Gasteiger charge is -2.20. The Hall–Kier alpha value is -4.84. The molecule has 0 aliphatic carbocycles. The average Bonchev–Trinajstić information content (AvgIpc) is 3.09. The highest BCUT2D eigenvalue weighted by atomic mass is 35.5. The van der Waals surface area contributed by atoms with Crippen LogP contribution in [0.25, 0.3) is 11.1 Å². The molecule has 3 N–H and O–H groups in total. The van der Waals surface area contributed by atoms with Gasteiger partial charge in [-0.05, 0) is 72.0 Å². The lowest BCUT2D eigenvalue weighted by molar-refractivity contribution is -0.122. The molecule has 0 saturated carbocycles. The molecule has 1 atom stereocenters. The van der Waals surface area contributed by atoms with Crippen molar-refractivity contribution in [2.75, 3.05) is 33.9 Å². The van der Waals surface area contributed by atoms with Gasteiger partial charge in [0.05, 0.1) is 11.6 Å². The van der Waals surface area contributed by atoms with Gasteiger partial charge in [-0.2, -0.15) is 0 Å². The maximum Gasteiger partial charge on any atom is 0.290 e. The first kappa shape index (κ1) is 36.0. The average molecular weight is 678 g/mol. The SMILES string of the molecule is Cc1c(COc2cc(OCc3ccnc(C(=O)N(C)C)c3)c(CNC(C)CO)cc2Cl)cccc1-c1ccc2c(c1)OCCO2.O=CO. The third kappa shape index (κ3) is 9.37. The van der Waals surface area contributed by atoms with Crippen molar-refractivity contribution in [3.8, 4) is 34.1 Å². The second-order valence-corrected chi connectivity index (χ2v) is 11.6. The maximum atomic E-state index is 12.4. The summed E-state index contributed by atoms with van der Waals surface area (Å²) in [6.45, 7) is 5.72. The molecule has 11 nitrogen and oxygen atoms in total. The van der Waals surface area contributed by atoms with Crippen LogP contribution >= 0.6 is 11.6 Å². The number of pyridine rings is 1. The minimum atomic E-state index is -0.250. The van der Waals surface area contributed by atoms with Gasteiger partial charge in [0, 0.05) is 44.5 Å². The summed E-state index contributed by atoms with van der Waals surface area (Å²) in [5, 5.41) is 20.1. The van der Waals surface area contributed by atoms with Gasteiger partial charge in [-0.15, -0.1) is 0 Å². The van der Waals surface area contributed by atoms with E-state index in [-0.39, 0.29) is 31.6 Å². The number of carbonyl (C=O) groups excluding carboxylic acids is 1. The topological polar surface area (TPSA) is 140 Å². The number of hydrogen-bond acceptors (Lipinski definition) is 9. The van der Waals surface area contributed by atoms with E-state index in [2.05, 4.69) is 23.3 Å². The number of fused-ring (bicyclic) bond motifs is 1. The molecule has 0 spiro atoms. The van der Waals surface area contributed by atoms with Crippen molar-refractivity contribution in [1.29, 1.82) is 0 Å². The molecule has 3 aromatic carbocycles. The van der Waals surface area contributed by atoms with Crippen LogP contribution in [-0.4, -0.2) is 72.4 Å². The van der Waals surface area contributed by atoms with Crippen molar-refractivity contribution in [2.45, 2.75) is 39.6 Å². The zero-order valence-corrected chi connectivity index (χ0v) is 28.1. The third-order valence-electron chi connectivity index (χ3n) is 7.56. The van der Waals surface area contributed by atoms with E-state index in [0.717, 1.165) is 44.9 Å². The largest absolute Gasteiger partial charge is 0.488 e. The minimum Gasteiger partial charge on any atom is -0.488 e. The number of benzene rings is 3. The number of rotatable bonds is 12. The van der Waals surface area contributed by atoms with Gasteiger partial charge in [-0.1, -0.05) is 35.9 Å². The fraction of sp³-hybridized carbons (Fsp3) is 0.306. The molecule has 0 radical (unpaired) electrons. The molecule has 0 saturated heterocycles. The Kier molecular flexibility index (Phi) is 13.0. The molecule has 2 heterocycles. The number of amides is 1. The molecule has 12 heteroatoms. The lowest BCUT2D eigenvalue weighted by atomic mass is 9.96. The second kappa shape index (κ2) is 17.4. The maximum absolute atomic E-state index is 12.4. The van der Waals surface area contributed by atoms with Crippen molar-refractivity contribution in [3.63, 3.8) is 0 Å². The summed E-state index contributed by atoms with van der Waals surface area (Å²) in [6.07, 6.45) is 1.60. The van der Waals surface area contributed by atoms with Crippen LogP contribution in [0.15, 0.2) is 66.9 Å². The Labute approximate surface area is 285 Å². The van der Waals surface area contributed by atoms with E-state index >= 15 is 0 Å². The van der Waals surface area contributed by atoms with Crippen LogP contribution in [-0.2, 0) is 24.6 Å². The zero-order valence-electron chi connectivity index (χ0n) is 27.4. The van der Waals surface area contributed by atoms with Crippen molar-refractivity contribution in [1.82, 2.24) is 15.2 Å². The van der Waals surface area contributed by atoms with E-state index in [4.69, 9.17) is 40.4 Å². The predicted octanol–water partition coefficient (Wildman–Crippen LogP) is 5.51. The van der Waals surface area contributed by atoms with Crippen molar-refractivity contribution < 1.29 is 38.7 Å². The summed E-state index contributed by atoms with van der Waals surface area (Å²) in [5.74, 6) is 2.37. The van der Waals surface area contributed by atoms with Gasteiger partial charge < -0.3 is 39.4 Å². The molecule has 1 aromatic heterocycles. The van der Waals surface area contributed by atoms with Gasteiger partial charge in [0.15, 0.2) is 11.5 Å². The van der Waals surface area contributed by atoms with E-state index in [0.29, 0.717) is 48.6 Å². The molecular formula is C36H40ClN3O8. The Bertz CT molecular complexity index is 1720. The summed E-state index contributed by atoms with van der Waals surface area (Å²) in [6, 6.07) is 19.1. The van der Waals surface area contributed by atoms with Crippen LogP contribution in [0.1, 0.15) is 39.7 Å². The third-order valence-corrected chi connectivity index (χ3v) is 7.85. The summed E-state index contributed by atoms with van der Waals surface area (Å²) in [4.78, 5) is 26.4. The Morgan fingerprint density at radius 1 is 1.02 bits per heavy atom. The molecular weight excluding hydrogens is 638 g/mol. The second-order valence-electron chi connectivity index (χ2n) is 11.2. The number of halogens is 1. The summed E-state index contributed by atoms with van der Waals surface area (Å²) in [7, 11) is 3.37. The number of aliphatic hydroxyl groups is 1. The number of carbonyl (C=O) groups is 2. The van der Waals surface area contributed by atoms with Gasteiger partial charge in [-0.3, -0.25) is 14.6 Å². The van der Waals surface area contributed by atoms with E-state index in [9.17, 15) is 9.90 Å². The monoisotopic (exact) mass is 677 g/mol. The quantitative estimate of drug-likeness (QED) is 0.164. The molecule has 5 rings (SSSR count). The summed E-state index contributed by atoms with van der Waals surface area (Å²) in [5.41, 5.74) is 6.15. The van der Waals surface area contributed by atoms with Crippen LogP contribution in [0, 0.1) is 6.92 Å². The number of ether oxygens (including phenoxy) is 4. The Morgan fingerprint density at radius 3 is 2.48 bits per heavy atom. The molecule has 0 bridgehead atoms. The highest BCUT2D eigenvalue weighted by Crippen LogP contribution is 2.37. The number of nitrogens with zero attached hydrogens (tertiary/aromatic N) is 2. The summed E-state index contributed by atoms with van der Waals surface area (Å²) >= 11 is 6.72. The van der Waals surface area contributed by atoms with Crippen LogP contribution in [0.5, 0.6) is 23.0 Å². The van der Waals surface area contributed by atoms with Crippen molar-refractivity contribution in [2.24, 2.45) is 0 Å². The van der Waals surface area contributed by atoms with Crippen molar-refractivity contribution >= 4 is 24.0 Å². The van der Waals surface area contributed by atoms with E-state index in [1.807, 2.05) is 49.4 Å². The fourth-order valence-corrected chi connectivity index (χ4v) is 5.14. The fourth-order valence-electron chi connectivity index (χ4n) is 4.90. The van der Waals surface area contributed by atoms with Gasteiger partial charge in [0.1, 0.15) is 43.6 Å². The van der Waals surface area contributed by atoms with E-state index in [1.165, 1.54) is 4.90 Å². The zero-order chi connectivity index (χ0) is 34.6. The number of nitrogens with one attached hydrogen (secondary N) is 1. The van der Waals surface area contributed by atoms with E-state index in [1.54, 1.807) is 32.4 Å². The Morgan fingerprint density at radius 2 is 1.75 bits per heavy atom. The number of carboxylic acid groups (broad SMARTS) is 1. The van der Waals surface area contributed by atoms with Crippen LogP contribution < -0.4 is 24.3 Å². The number of aromatic nitrogens is 1. The normalized spacial score (nSPS) is 12.3. The standard InChI is InChI=1S/C35H38ClN3O6.CH2O2/c1-22(19-40)38-18-27-15-29(36)33(17-32(27)44-20-24-10-11-37-30(14-24)35(41)39(3)4)45-21-26-6-5-7-28(23(26)2)25-8-9-31-34(16-25)43-13-12-42-31;2-1-3/h5-11,14-17,22,38,40H,12-13,18-21H2,1-4H3;1H,(H,2,3). The molecule has 4 aromatic rings. The van der Waals surface area contributed by atoms with Crippen LogP contribution in [0.2, 0.25) is 5.02 Å². The molecule has 1 amide bonds. The van der Waals surface area contributed by atoms with Gasteiger partial charge in [-0.25, -0.2) is 0 Å². The van der Waals surface area contributed by atoms with Gasteiger partial charge >= 0.3 is 0 Å². The molecule has 254 valence electrons. The number of hydrogen-bond donors (Lipinski definition) is 3. The lowest BCUT2D eigenvalue weighted by Crippen LogP contribution is -2.28. The molecule has 1 unspecified atom stereocenters. The Balaban J connectivity index is 0.00000167. The molecule has 0 fully saturated rings. The van der Waals surface area contributed by atoms with Gasteiger partial charge in [0.25, 0.3) is 12.4 Å². The highest BCUT2D eigenvalue weighted by Gasteiger charge is 2.17. The first-order valence-corrected chi connectivity index (χ1v) is 15.7. The summed E-state index contributed by atoms with van der Waals surface area (Å²) < 4.78 is 24.0. The number of aliphatic hydroxyl groups excluding tert-OH is 1. The smallest absolute Gasteiger partial charge is 0.290 e. The minimum absolute atomic E-state index is 0.00448. The molecule has 1 aliphatic rings. The predicted molar refractivity (Wildman–Crippen MR) is 182 cm³/mol.